The summed E-state index contributed by atoms with van der Waals surface area (Å²) < 4.78 is 31.2. The number of rotatable bonds is 10. The molecule has 0 spiro atoms. The number of hydrogen-bond acceptors (Lipinski definition) is 4. The Bertz CT molecular complexity index is 368. The molecule has 0 aliphatic rings. The van der Waals surface area contributed by atoms with Crippen molar-refractivity contribution in [1.29, 1.82) is 0 Å². The van der Waals surface area contributed by atoms with E-state index in [0.717, 1.165) is 4.31 Å². The van der Waals surface area contributed by atoms with E-state index in [9.17, 15) is 13.2 Å². The van der Waals surface area contributed by atoms with E-state index in [0.29, 0.717) is 0 Å². The number of aliphatic carboxylic acids is 1. The first-order valence-corrected chi connectivity index (χ1v) is 6.79. The number of hydrogen-bond donors (Lipinski definition) is 1. The van der Waals surface area contributed by atoms with Gasteiger partial charge in [0.25, 0.3) is 10.2 Å². The largest absolute Gasteiger partial charge is 0.481 e. The number of carboxylic acids is 1. The van der Waals surface area contributed by atoms with E-state index in [-0.39, 0.29) is 32.7 Å². The SMILES string of the molecule is C=CCN(CCOC)S(=O)(=O)N(C)CCC(=O)O. The molecule has 7 nitrogen and oxygen atoms in total. The predicted molar refractivity (Wildman–Crippen MR) is 67.4 cm³/mol. The Morgan fingerprint density at radius 3 is 2.50 bits per heavy atom. The molecule has 0 aromatic rings. The molecular weight excluding hydrogens is 260 g/mol. The molecule has 8 heteroatoms. The molecule has 0 amide bonds. The van der Waals surface area contributed by atoms with E-state index >= 15 is 0 Å². The molecule has 0 fully saturated rings. The number of carbonyl (C=O) groups is 1. The molecule has 1 N–H and O–H groups in total. The second-order valence-corrected chi connectivity index (χ2v) is 5.65. The zero-order valence-electron chi connectivity index (χ0n) is 10.7. The molecule has 18 heavy (non-hydrogen) atoms. The number of nitrogens with zero attached hydrogens (tertiary/aromatic N) is 2. The summed E-state index contributed by atoms with van der Waals surface area (Å²) in [5.41, 5.74) is 0. The zero-order valence-corrected chi connectivity index (χ0v) is 11.5. The van der Waals surface area contributed by atoms with Gasteiger partial charge in [-0.2, -0.15) is 17.0 Å². The van der Waals surface area contributed by atoms with Gasteiger partial charge in [0.2, 0.25) is 0 Å². The predicted octanol–water partition coefficient (Wildman–Crippen LogP) is -0.228. The van der Waals surface area contributed by atoms with Crippen LogP contribution in [-0.4, -0.2) is 68.5 Å². The minimum absolute atomic E-state index is 0.0711. The summed E-state index contributed by atoms with van der Waals surface area (Å²) in [6.07, 6.45) is 1.24. The fraction of sp³-hybridized carbons (Fsp3) is 0.700. The topological polar surface area (TPSA) is 87.2 Å². The van der Waals surface area contributed by atoms with Gasteiger partial charge in [-0.05, 0) is 0 Å². The standard InChI is InChI=1S/C10H20N2O5S/c1-4-6-12(8-9-17-3)18(15,16)11(2)7-5-10(13)14/h4H,1,5-9H2,2-3H3,(H,13,14). The van der Waals surface area contributed by atoms with E-state index in [1.165, 1.54) is 24.5 Å². The van der Waals surface area contributed by atoms with Crippen molar-refractivity contribution in [1.82, 2.24) is 8.61 Å². The quantitative estimate of drug-likeness (QED) is 0.559. The maximum atomic E-state index is 12.1. The fourth-order valence-corrected chi connectivity index (χ4v) is 2.52. The van der Waals surface area contributed by atoms with Crippen molar-refractivity contribution < 1.29 is 23.1 Å². The highest BCUT2D eigenvalue weighted by Crippen LogP contribution is 2.07. The van der Waals surface area contributed by atoms with Gasteiger partial charge in [-0.15, -0.1) is 6.58 Å². The van der Waals surface area contributed by atoms with Crippen LogP contribution >= 0.6 is 0 Å². The van der Waals surface area contributed by atoms with E-state index < -0.39 is 16.2 Å². The van der Waals surface area contributed by atoms with Crippen LogP contribution in [0, 0.1) is 0 Å². The molecule has 0 aliphatic carbocycles. The molecule has 0 aromatic carbocycles. The Hall–Kier alpha value is -0.960. The lowest BCUT2D eigenvalue weighted by Gasteiger charge is -2.26. The van der Waals surface area contributed by atoms with Gasteiger partial charge in [0.15, 0.2) is 0 Å². The molecule has 0 saturated carbocycles. The Morgan fingerprint density at radius 1 is 1.44 bits per heavy atom. The number of methoxy groups -OCH3 is 1. The van der Waals surface area contributed by atoms with E-state index in [2.05, 4.69) is 6.58 Å². The third-order valence-electron chi connectivity index (χ3n) is 2.24. The van der Waals surface area contributed by atoms with E-state index in [1.807, 2.05) is 0 Å². The molecule has 0 radical (unpaired) electrons. The summed E-state index contributed by atoms with van der Waals surface area (Å²) in [7, 11) is -0.852. The minimum Gasteiger partial charge on any atom is -0.481 e. The Kier molecular flexibility index (Phi) is 7.76. The van der Waals surface area contributed by atoms with Gasteiger partial charge in [0.05, 0.1) is 13.0 Å². The average molecular weight is 280 g/mol. The lowest BCUT2D eigenvalue weighted by molar-refractivity contribution is -0.137. The molecule has 106 valence electrons. The van der Waals surface area contributed by atoms with Crippen LogP contribution < -0.4 is 0 Å². The van der Waals surface area contributed by atoms with Crippen LogP contribution in [0.5, 0.6) is 0 Å². The molecule has 0 aromatic heterocycles. The molecule has 0 bridgehead atoms. The Balaban J connectivity index is 4.69. The molecule has 0 atom stereocenters. The van der Waals surface area contributed by atoms with Crippen LogP contribution in [-0.2, 0) is 19.7 Å². The lowest BCUT2D eigenvalue weighted by atomic mass is 10.4. The summed E-state index contributed by atoms with van der Waals surface area (Å²) in [6, 6.07) is 0. The van der Waals surface area contributed by atoms with Crippen molar-refractivity contribution in [3.8, 4) is 0 Å². The minimum atomic E-state index is -3.68. The highest BCUT2D eigenvalue weighted by Gasteiger charge is 2.25. The van der Waals surface area contributed by atoms with Crippen LogP contribution in [0.3, 0.4) is 0 Å². The first kappa shape index (κ1) is 17.0. The van der Waals surface area contributed by atoms with Gasteiger partial charge in [0.1, 0.15) is 0 Å². The van der Waals surface area contributed by atoms with Crippen LogP contribution in [0.15, 0.2) is 12.7 Å². The van der Waals surface area contributed by atoms with Gasteiger partial charge in [-0.3, -0.25) is 4.79 Å². The molecule has 0 heterocycles. The van der Waals surface area contributed by atoms with Gasteiger partial charge in [0, 0.05) is 33.8 Å². The first-order valence-electron chi connectivity index (χ1n) is 5.39. The van der Waals surface area contributed by atoms with Crippen molar-refractivity contribution in [2.24, 2.45) is 0 Å². The van der Waals surface area contributed by atoms with Crippen LogP contribution in [0.25, 0.3) is 0 Å². The highest BCUT2D eigenvalue weighted by atomic mass is 32.2. The summed E-state index contributed by atoms with van der Waals surface area (Å²) in [5.74, 6) is -1.04. The maximum Gasteiger partial charge on any atom is 0.304 e. The van der Waals surface area contributed by atoms with E-state index in [4.69, 9.17) is 9.84 Å². The molecule has 0 rings (SSSR count). The second kappa shape index (κ2) is 8.20. The highest BCUT2D eigenvalue weighted by molar-refractivity contribution is 7.86. The lowest BCUT2D eigenvalue weighted by Crippen LogP contribution is -2.44. The second-order valence-electron chi connectivity index (χ2n) is 3.61. The third-order valence-corrected chi connectivity index (χ3v) is 4.19. The van der Waals surface area contributed by atoms with E-state index in [1.54, 1.807) is 0 Å². The van der Waals surface area contributed by atoms with Crippen LogP contribution in [0.1, 0.15) is 6.42 Å². The zero-order chi connectivity index (χ0) is 14.2. The summed E-state index contributed by atoms with van der Waals surface area (Å²) in [6.45, 7) is 4.04. The van der Waals surface area contributed by atoms with Gasteiger partial charge < -0.3 is 9.84 Å². The molecule has 0 saturated heterocycles. The number of ether oxygens (including phenoxy) is 1. The van der Waals surface area contributed by atoms with Gasteiger partial charge in [-0.1, -0.05) is 6.08 Å². The van der Waals surface area contributed by atoms with Crippen molar-refractivity contribution in [3.63, 3.8) is 0 Å². The molecule has 0 unspecified atom stereocenters. The van der Waals surface area contributed by atoms with Crippen LogP contribution in [0.2, 0.25) is 0 Å². The van der Waals surface area contributed by atoms with Gasteiger partial charge >= 0.3 is 5.97 Å². The average Bonchev–Trinajstić information content (AvgIpc) is 2.30. The fourth-order valence-electron chi connectivity index (χ4n) is 1.20. The smallest absolute Gasteiger partial charge is 0.304 e. The molecule has 0 aliphatic heterocycles. The summed E-state index contributed by atoms with van der Waals surface area (Å²) >= 11 is 0. The monoisotopic (exact) mass is 280 g/mol. The van der Waals surface area contributed by atoms with Crippen molar-refractivity contribution >= 4 is 16.2 Å². The Morgan fingerprint density at radius 2 is 2.06 bits per heavy atom. The summed E-state index contributed by atoms with van der Waals surface area (Å²) in [5, 5.41) is 8.54. The van der Waals surface area contributed by atoms with Crippen molar-refractivity contribution in [3.05, 3.63) is 12.7 Å². The van der Waals surface area contributed by atoms with Crippen molar-refractivity contribution in [2.75, 3.05) is 40.4 Å². The number of carboxylic acid groups (broad SMARTS) is 1. The maximum absolute atomic E-state index is 12.1. The molecular formula is C10H20N2O5S. The Labute approximate surface area is 108 Å². The van der Waals surface area contributed by atoms with Crippen molar-refractivity contribution in [2.45, 2.75) is 6.42 Å². The van der Waals surface area contributed by atoms with Crippen LogP contribution in [0.4, 0.5) is 0 Å². The van der Waals surface area contributed by atoms with Gasteiger partial charge in [-0.25, -0.2) is 0 Å². The summed E-state index contributed by atoms with van der Waals surface area (Å²) in [4.78, 5) is 10.4. The normalized spacial score (nSPS) is 12.0. The third kappa shape index (κ3) is 5.58. The first-order chi connectivity index (χ1) is 8.36.